The van der Waals surface area contributed by atoms with Crippen molar-refractivity contribution in [3.8, 4) is 0 Å². The second kappa shape index (κ2) is 9.58. The standard InChI is InChI=1S/C21H22N2O2S2/c22-21(25)18(10-4-12-26-14-19(24)20-11-5-13-27-20)23-17-9-3-7-15-6-1-2-8-16(15)17/h1-3,5-9,11,13,18,23H,4,10,12,14H2,(H2,22,25)/t18-/m0/s1. The fourth-order valence-electron chi connectivity index (χ4n) is 2.89. The van der Waals surface area contributed by atoms with Gasteiger partial charge in [0.1, 0.15) is 6.04 Å². The van der Waals surface area contributed by atoms with Gasteiger partial charge in [-0.2, -0.15) is 11.8 Å². The second-order valence-electron chi connectivity index (χ2n) is 6.22. The highest BCUT2D eigenvalue weighted by Gasteiger charge is 2.16. The van der Waals surface area contributed by atoms with Crippen LogP contribution in [0, 0.1) is 0 Å². The molecule has 27 heavy (non-hydrogen) atoms. The molecule has 3 rings (SSSR count). The van der Waals surface area contributed by atoms with Crippen LogP contribution in [0.15, 0.2) is 60.0 Å². The van der Waals surface area contributed by atoms with E-state index in [1.807, 2.05) is 60.0 Å². The number of anilines is 1. The quantitative estimate of drug-likeness (QED) is 0.388. The molecular weight excluding hydrogens is 376 g/mol. The Hall–Kier alpha value is -2.31. The lowest BCUT2D eigenvalue weighted by Gasteiger charge is -2.18. The molecule has 0 saturated carbocycles. The van der Waals surface area contributed by atoms with E-state index in [1.54, 1.807) is 11.8 Å². The number of Topliss-reactive ketones (excluding diaryl/α,β-unsaturated/α-hetero) is 1. The summed E-state index contributed by atoms with van der Waals surface area (Å²) in [6, 6.07) is 17.3. The van der Waals surface area contributed by atoms with Crippen molar-refractivity contribution in [2.75, 3.05) is 16.8 Å². The Labute approximate surface area is 167 Å². The number of primary amides is 1. The summed E-state index contributed by atoms with van der Waals surface area (Å²) in [7, 11) is 0. The molecule has 0 fully saturated rings. The topological polar surface area (TPSA) is 72.2 Å². The number of hydrogen-bond acceptors (Lipinski definition) is 5. The van der Waals surface area contributed by atoms with Gasteiger partial charge >= 0.3 is 0 Å². The molecular formula is C21H22N2O2S2. The second-order valence-corrected chi connectivity index (χ2v) is 8.27. The van der Waals surface area contributed by atoms with E-state index in [4.69, 9.17) is 5.73 Å². The van der Waals surface area contributed by atoms with E-state index in [0.717, 1.165) is 33.5 Å². The van der Waals surface area contributed by atoms with E-state index in [-0.39, 0.29) is 11.7 Å². The molecule has 1 heterocycles. The van der Waals surface area contributed by atoms with Gasteiger partial charge in [0.25, 0.3) is 0 Å². The van der Waals surface area contributed by atoms with Crippen LogP contribution in [0.4, 0.5) is 5.69 Å². The van der Waals surface area contributed by atoms with E-state index in [2.05, 4.69) is 5.32 Å². The van der Waals surface area contributed by atoms with E-state index in [9.17, 15) is 9.59 Å². The van der Waals surface area contributed by atoms with Crippen molar-refractivity contribution in [3.63, 3.8) is 0 Å². The fraction of sp³-hybridized carbons (Fsp3) is 0.238. The Bertz CT molecular complexity index is 904. The van der Waals surface area contributed by atoms with Crippen LogP contribution in [0.25, 0.3) is 10.8 Å². The zero-order valence-electron chi connectivity index (χ0n) is 14.9. The van der Waals surface area contributed by atoms with E-state index >= 15 is 0 Å². The number of thioether (sulfide) groups is 1. The van der Waals surface area contributed by atoms with Crippen LogP contribution in [0.5, 0.6) is 0 Å². The summed E-state index contributed by atoms with van der Waals surface area (Å²) >= 11 is 3.07. The first-order valence-corrected chi connectivity index (χ1v) is 10.9. The molecule has 140 valence electrons. The minimum absolute atomic E-state index is 0.162. The summed E-state index contributed by atoms with van der Waals surface area (Å²) in [5.41, 5.74) is 6.51. The molecule has 0 spiro atoms. The molecule has 3 N–H and O–H groups in total. The van der Waals surface area contributed by atoms with Gasteiger partial charge < -0.3 is 11.1 Å². The largest absolute Gasteiger partial charge is 0.373 e. The van der Waals surface area contributed by atoms with Gasteiger partial charge in [-0.25, -0.2) is 0 Å². The third-order valence-corrected chi connectivity index (χ3v) is 6.23. The number of carbonyl (C=O) groups excluding carboxylic acids is 2. The molecule has 1 aromatic heterocycles. The first-order chi connectivity index (χ1) is 13.1. The van der Waals surface area contributed by atoms with Gasteiger partial charge in [0.2, 0.25) is 5.91 Å². The van der Waals surface area contributed by atoms with Crippen LogP contribution >= 0.6 is 23.1 Å². The van der Waals surface area contributed by atoms with Crippen LogP contribution in [0.1, 0.15) is 22.5 Å². The lowest BCUT2D eigenvalue weighted by Crippen LogP contribution is -2.35. The van der Waals surface area contributed by atoms with Gasteiger partial charge in [0, 0.05) is 11.1 Å². The number of thiophene rings is 1. The summed E-state index contributed by atoms with van der Waals surface area (Å²) in [6.45, 7) is 0. The maximum absolute atomic E-state index is 12.0. The van der Waals surface area contributed by atoms with Crippen molar-refractivity contribution in [1.29, 1.82) is 0 Å². The molecule has 4 nitrogen and oxygen atoms in total. The molecule has 3 aromatic rings. The van der Waals surface area contributed by atoms with Crippen LogP contribution < -0.4 is 11.1 Å². The van der Waals surface area contributed by atoms with Crippen molar-refractivity contribution < 1.29 is 9.59 Å². The molecule has 2 aromatic carbocycles. The predicted molar refractivity (Wildman–Crippen MR) is 116 cm³/mol. The van der Waals surface area contributed by atoms with Gasteiger partial charge in [-0.1, -0.05) is 42.5 Å². The molecule has 0 radical (unpaired) electrons. The van der Waals surface area contributed by atoms with Crippen LogP contribution in [0.3, 0.4) is 0 Å². The molecule has 6 heteroatoms. The summed E-state index contributed by atoms with van der Waals surface area (Å²) in [4.78, 5) is 24.6. The Morgan fingerprint density at radius 3 is 2.67 bits per heavy atom. The Balaban J connectivity index is 1.51. The summed E-state index contributed by atoms with van der Waals surface area (Å²) < 4.78 is 0. The smallest absolute Gasteiger partial charge is 0.239 e. The Morgan fingerprint density at radius 2 is 1.89 bits per heavy atom. The van der Waals surface area contributed by atoms with Gasteiger partial charge in [-0.05, 0) is 41.5 Å². The lowest BCUT2D eigenvalue weighted by molar-refractivity contribution is -0.118. The third kappa shape index (κ3) is 5.34. The van der Waals surface area contributed by atoms with Crippen LogP contribution in [0.2, 0.25) is 0 Å². The van der Waals surface area contributed by atoms with Crippen molar-refractivity contribution in [2.24, 2.45) is 5.73 Å². The van der Waals surface area contributed by atoms with Crippen molar-refractivity contribution in [3.05, 3.63) is 64.9 Å². The number of hydrogen-bond donors (Lipinski definition) is 2. The number of benzene rings is 2. The van der Waals surface area contributed by atoms with Crippen LogP contribution in [-0.2, 0) is 4.79 Å². The number of nitrogens with two attached hydrogens (primary N) is 1. The maximum atomic E-state index is 12.0. The molecule has 1 amide bonds. The monoisotopic (exact) mass is 398 g/mol. The SMILES string of the molecule is NC(=O)[C@H](CCCSCC(=O)c1cccs1)Nc1cccc2ccccc12. The number of nitrogens with one attached hydrogen (secondary N) is 1. The molecule has 0 aliphatic carbocycles. The minimum atomic E-state index is -0.426. The fourth-order valence-corrected chi connectivity index (χ4v) is 4.50. The molecule has 0 bridgehead atoms. The van der Waals surface area contributed by atoms with Crippen molar-refractivity contribution >= 4 is 51.2 Å². The Kier molecular flexibility index (Phi) is 6.90. The number of ketones is 1. The summed E-state index contributed by atoms with van der Waals surface area (Å²) in [6.07, 6.45) is 1.45. The first-order valence-electron chi connectivity index (χ1n) is 8.83. The van der Waals surface area contributed by atoms with Gasteiger partial charge in [0.05, 0.1) is 10.6 Å². The number of fused-ring (bicyclic) bond motifs is 1. The normalized spacial score (nSPS) is 12.0. The number of amides is 1. The summed E-state index contributed by atoms with van der Waals surface area (Å²) in [5, 5.41) is 7.40. The molecule has 0 unspecified atom stereocenters. The number of carbonyl (C=O) groups is 2. The average molecular weight is 399 g/mol. The first kappa shape index (κ1) is 19.5. The zero-order valence-corrected chi connectivity index (χ0v) is 16.5. The van der Waals surface area contributed by atoms with Gasteiger partial charge in [-0.15, -0.1) is 11.3 Å². The Morgan fingerprint density at radius 1 is 1.07 bits per heavy atom. The predicted octanol–water partition coefficient (Wildman–Crippen LogP) is 4.56. The molecule has 0 aliphatic rings. The van der Waals surface area contributed by atoms with Gasteiger partial charge in [-0.3, -0.25) is 9.59 Å². The highest BCUT2D eigenvalue weighted by Crippen LogP contribution is 2.24. The van der Waals surface area contributed by atoms with Crippen molar-refractivity contribution in [2.45, 2.75) is 18.9 Å². The van der Waals surface area contributed by atoms with Crippen molar-refractivity contribution in [1.82, 2.24) is 0 Å². The van der Waals surface area contributed by atoms with E-state index in [0.29, 0.717) is 12.2 Å². The maximum Gasteiger partial charge on any atom is 0.239 e. The zero-order chi connectivity index (χ0) is 19.1. The average Bonchev–Trinajstić information content (AvgIpc) is 3.21. The number of rotatable bonds is 10. The van der Waals surface area contributed by atoms with Crippen LogP contribution in [-0.4, -0.2) is 29.2 Å². The van der Waals surface area contributed by atoms with E-state index in [1.165, 1.54) is 11.3 Å². The summed E-state index contributed by atoms with van der Waals surface area (Å²) in [5.74, 6) is 1.09. The lowest BCUT2D eigenvalue weighted by atomic mass is 10.1. The molecule has 1 atom stereocenters. The molecule has 0 aliphatic heterocycles. The van der Waals surface area contributed by atoms with Gasteiger partial charge in [0.15, 0.2) is 5.78 Å². The highest BCUT2D eigenvalue weighted by atomic mass is 32.2. The third-order valence-electron chi connectivity index (χ3n) is 4.27. The minimum Gasteiger partial charge on any atom is -0.373 e. The molecule has 0 saturated heterocycles. The van der Waals surface area contributed by atoms with E-state index < -0.39 is 6.04 Å². The highest BCUT2D eigenvalue weighted by molar-refractivity contribution is 7.99.